The molecule has 0 unspecified atom stereocenters. The molecule has 0 aliphatic carbocycles. The molecule has 1 aliphatic rings. The quantitative estimate of drug-likeness (QED) is 0.554. The number of anilines is 1. The molecule has 2 aromatic carbocycles. The molecule has 0 bridgehead atoms. The maximum absolute atomic E-state index is 13.1. The molecule has 27 heavy (non-hydrogen) atoms. The molecule has 0 fully saturated rings. The lowest BCUT2D eigenvalue weighted by molar-refractivity contribution is -0.116. The molecule has 6 nitrogen and oxygen atoms in total. The van der Waals surface area contributed by atoms with Gasteiger partial charge in [-0.15, -0.1) is 10.2 Å². The third kappa shape index (κ3) is 3.28. The van der Waals surface area contributed by atoms with E-state index in [1.807, 2.05) is 30.0 Å². The number of nitrogens with two attached hydrogens (primary N) is 1. The van der Waals surface area contributed by atoms with Gasteiger partial charge in [-0.3, -0.25) is 4.79 Å². The zero-order valence-electron chi connectivity index (χ0n) is 14.7. The molecule has 4 rings (SSSR count). The van der Waals surface area contributed by atoms with Crippen LogP contribution in [0.5, 0.6) is 0 Å². The summed E-state index contributed by atoms with van der Waals surface area (Å²) in [7, 11) is 0. The Kier molecular flexibility index (Phi) is 4.57. The van der Waals surface area contributed by atoms with Crippen molar-refractivity contribution in [2.75, 3.05) is 16.5 Å². The van der Waals surface area contributed by atoms with Gasteiger partial charge in [-0.25, -0.2) is 9.07 Å². The summed E-state index contributed by atoms with van der Waals surface area (Å²) in [5.41, 5.74) is 2.81. The summed E-state index contributed by atoms with van der Waals surface area (Å²) in [6.07, 6.45) is 0.856. The second-order valence-electron chi connectivity index (χ2n) is 6.42. The minimum absolute atomic E-state index is 0.00350. The number of carbonyl (C=O) groups is 1. The first-order valence-corrected chi connectivity index (χ1v) is 9.52. The summed E-state index contributed by atoms with van der Waals surface area (Å²) in [6.45, 7) is 2.04. The van der Waals surface area contributed by atoms with Crippen LogP contribution in [-0.2, 0) is 11.2 Å². The maximum Gasteiger partial charge on any atom is 0.237 e. The SMILES string of the molecule is C[C@@H]1Cc2ccccc2N1C(=O)CSc1nnc(-c2ccc(F)cc2)n1N. The highest BCUT2D eigenvalue weighted by Crippen LogP contribution is 2.32. The first-order chi connectivity index (χ1) is 13.0. The fraction of sp³-hybridized carbons (Fsp3) is 0.211. The van der Waals surface area contributed by atoms with Crippen LogP contribution in [0.25, 0.3) is 11.4 Å². The number of nitrogen functional groups attached to an aromatic ring is 1. The Balaban J connectivity index is 1.48. The van der Waals surface area contributed by atoms with E-state index in [1.165, 1.54) is 34.1 Å². The molecule has 1 aliphatic heterocycles. The van der Waals surface area contributed by atoms with Crippen molar-refractivity contribution >= 4 is 23.4 Å². The number of amides is 1. The average molecular weight is 383 g/mol. The van der Waals surface area contributed by atoms with Gasteiger partial charge in [-0.1, -0.05) is 30.0 Å². The highest BCUT2D eigenvalue weighted by Gasteiger charge is 2.30. The van der Waals surface area contributed by atoms with Crippen molar-refractivity contribution in [3.8, 4) is 11.4 Å². The van der Waals surface area contributed by atoms with Gasteiger partial charge in [-0.05, 0) is 49.2 Å². The molecule has 0 radical (unpaired) electrons. The Bertz CT molecular complexity index is 988. The zero-order valence-corrected chi connectivity index (χ0v) is 15.5. The van der Waals surface area contributed by atoms with E-state index in [9.17, 15) is 9.18 Å². The van der Waals surface area contributed by atoms with Gasteiger partial charge in [0.05, 0.1) is 5.75 Å². The van der Waals surface area contributed by atoms with Crippen LogP contribution >= 0.6 is 11.8 Å². The molecular weight excluding hydrogens is 365 g/mol. The van der Waals surface area contributed by atoms with Gasteiger partial charge in [-0.2, -0.15) is 0 Å². The van der Waals surface area contributed by atoms with Gasteiger partial charge in [0.15, 0.2) is 5.82 Å². The predicted molar refractivity (Wildman–Crippen MR) is 103 cm³/mol. The molecule has 0 spiro atoms. The highest BCUT2D eigenvalue weighted by molar-refractivity contribution is 7.99. The molecule has 2 N–H and O–H groups in total. The van der Waals surface area contributed by atoms with Gasteiger partial charge in [0.25, 0.3) is 0 Å². The van der Waals surface area contributed by atoms with Crippen LogP contribution in [0.4, 0.5) is 10.1 Å². The van der Waals surface area contributed by atoms with E-state index in [2.05, 4.69) is 16.3 Å². The summed E-state index contributed by atoms with van der Waals surface area (Å²) < 4.78 is 14.4. The van der Waals surface area contributed by atoms with E-state index >= 15 is 0 Å². The lowest BCUT2D eigenvalue weighted by Crippen LogP contribution is -2.37. The van der Waals surface area contributed by atoms with E-state index in [0.29, 0.717) is 16.5 Å². The van der Waals surface area contributed by atoms with Crippen molar-refractivity contribution in [3.63, 3.8) is 0 Å². The fourth-order valence-corrected chi connectivity index (χ4v) is 4.03. The summed E-state index contributed by atoms with van der Waals surface area (Å²) >= 11 is 1.24. The number of halogens is 1. The second-order valence-corrected chi connectivity index (χ2v) is 7.36. The minimum Gasteiger partial charge on any atom is -0.335 e. The number of benzene rings is 2. The standard InChI is InChI=1S/C19H18FN5OS/c1-12-10-14-4-2-3-5-16(14)24(12)17(26)11-27-19-23-22-18(25(19)21)13-6-8-15(20)9-7-13/h2-9,12H,10-11,21H2,1H3/t12-/m1/s1. The number of fused-ring (bicyclic) bond motifs is 1. The molecule has 1 aromatic heterocycles. The number of rotatable bonds is 4. The minimum atomic E-state index is -0.331. The third-order valence-corrected chi connectivity index (χ3v) is 5.50. The van der Waals surface area contributed by atoms with Crippen molar-refractivity contribution in [1.29, 1.82) is 0 Å². The van der Waals surface area contributed by atoms with Crippen LogP contribution < -0.4 is 10.7 Å². The zero-order chi connectivity index (χ0) is 19.0. The van der Waals surface area contributed by atoms with Gasteiger partial charge in [0.1, 0.15) is 5.82 Å². The predicted octanol–water partition coefficient (Wildman–Crippen LogP) is 2.87. The number of nitrogens with zero attached hydrogens (tertiary/aromatic N) is 4. The van der Waals surface area contributed by atoms with Crippen LogP contribution in [0.1, 0.15) is 12.5 Å². The monoisotopic (exact) mass is 383 g/mol. The third-order valence-electron chi connectivity index (χ3n) is 4.57. The van der Waals surface area contributed by atoms with E-state index < -0.39 is 0 Å². The summed E-state index contributed by atoms with van der Waals surface area (Å²) in [5, 5.41) is 8.56. The number of carbonyl (C=O) groups excluding carboxylic acids is 1. The largest absolute Gasteiger partial charge is 0.335 e. The van der Waals surface area contributed by atoms with E-state index in [4.69, 9.17) is 5.84 Å². The van der Waals surface area contributed by atoms with Crippen LogP contribution in [0.15, 0.2) is 53.7 Å². The summed E-state index contributed by atoms with van der Waals surface area (Å²) in [5.74, 6) is 6.37. The Morgan fingerprint density at radius 3 is 2.74 bits per heavy atom. The molecule has 1 atom stereocenters. The van der Waals surface area contributed by atoms with Gasteiger partial charge < -0.3 is 10.7 Å². The summed E-state index contributed by atoms with van der Waals surface area (Å²) in [6, 6.07) is 13.9. The highest BCUT2D eigenvalue weighted by atomic mass is 32.2. The smallest absolute Gasteiger partial charge is 0.237 e. The van der Waals surface area contributed by atoms with Crippen molar-refractivity contribution in [2.45, 2.75) is 24.5 Å². The first-order valence-electron chi connectivity index (χ1n) is 8.54. The van der Waals surface area contributed by atoms with Crippen molar-refractivity contribution in [1.82, 2.24) is 14.9 Å². The number of thioether (sulfide) groups is 1. The number of hydrogen-bond acceptors (Lipinski definition) is 5. The van der Waals surface area contributed by atoms with Gasteiger partial charge >= 0.3 is 0 Å². The van der Waals surface area contributed by atoms with E-state index in [0.717, 1.165) is 12.1 Å². The maximum atomic E-state index is 13.1. The van der Waals surface area contributed by atoms with Gasteiger partial charge in [0.2, 0.25) is 11.1 Å². The lowest BCUT2D eigenvalue weighted by atomic mass is 10.1. The number of aromatic nitrogens is 3. The average Bonchev–Trinajstić information content (AvgIpc) is 3.19. The normalized spacial score (nSPS) is 15.8. The first kappa shape index (κ1) is 17.5. The number of para-hydroxylation sites is 1. The molecule has 0 saturated heterocycles. The summed E-state index contributed by atoms with van der Waals surface area (Å²) in [4.78, 5) is 14.6. The Labute approximate surface area is 160 Å². The van der Waals surface area contributed by atoms with Gasteiger partial charge in [0, 0.05) is 17.3 Å². The molecule has 1 amide bonds. The Morgan fingerprint density at radius 2 is 1.96 bits per heavy atom. The molecule has 8 heteroatoms. The van der Waals surface area contributed by atoms with Crippen molar-refractivity contribution in [2.24, 2.45) is 0 Å². The topological polar surface area (TPSA) is 77.0 Å². The van der Waals surface area contributed by atoms with E-state index in [-0.39, 0.29) is 23.5 Å². The molecular formula is C19H18FN5OS. The fourth-order valence-electron chi connectivity index (χ4n) is 3.31. The Morgan fingerprint density at radius 1 is 1.22 bits per heavy atom. The molecule has 138 valence electrons. The molecule has 2 heterocycles. The second kappa shape index (κ2) is 7.03. The molecule has 0 saturated carbocycles. The lowest BCUT2D eigenvalue weighted by Gasteiger charge is -2.22. The van der Waals surface area contributed by atoms with E-state index in [1.54, 1.807) is 12.1 Å². The van der Waals surface area contributed by atoms with Crippen LogP contribution in [0, 0.1) is 5.82 Å². The Hall–Kier alpha value is -2.87. The van der Waals surface area contributed by atoms with Crippen LogP contribution in [0.3, 0.4) is 0 Å². The van der Waals surface area contributed by atoms with Crippen molar-refractivity contribution in [3.05, 3.63) is 59.9 Å². The van der Waals surface area contributed by atoms with Crippen molar-refractivity contribution < 1.29 is 9.18 Å². The van der Waals surface area contributed by atoms with Crippen LogP contribution in [0.2, 0.25) is 0 Å². The molecule has 3 aromatic rings. The number of hydrogen-bond donors (Lipinski definition) is 1. The van der Waals surface area contributed by atoms with Crippen LogP contribution in [-0.4, -0.2) is 32.6 Å².